The first-order chi connectivity index (χ1) is 13.1. The van der Waals surface area contributed by atoms with Gasteiger partial charge in [0.2, 0.25) is 17.7 Å². The number of nitrogens with one attached hydrogen (secondary N) is 2. The molecule has 2 rings (SSSR count). The molecular weight excluding hydrogens is 398 g/mol. The van der Waals surface area contributed by atoms with Gasteiger partial charge in [-0.3, -0.25) is 14.4 Å². The molecule has 0 aliphatic rings. The molecule has 28 heavy (non-hydrogen) atoms. The van der Waals surface area contributed by atoms with Crippen LogP contribution < -0.4 is 16.4 Å². The van der Waals surface area contributed by atoms with Crippen molar-refractivity contribution in [2.24, 2.45) is 5.73 Å². The van der Waals surface area contributed by atoms with Gasteiger partial charge in [0.1, 0.15) is 0 Å². The van der Waals surface area contributed by atoms with E-state index >= 15 is 0 Å². The Labute approximate surface area is 177 Å². The van der Waals surface area contributed by atoms with Crippen LogP contribution in [0.1, 0.15) is 37.7 Å². The summed E-state index contributed by atoms with van der Waals surface area (Å²) in [6, 6.07) is 20.1. The van der Waals surface area contributed by atoms with Gasteiger partial charge in [-0.15, -0.1) is 0 Å². The summed E-state index contributed by atoms with van der Waals surface area (Å²) in [6.45, 7) is 0.751. The van der Waals surface area contributed by atoms with Crippen LogP contribution >= 0.6 is 0 Å². The standard InChI is InChI=1S/C16H24N3O3.C5H.Fe/c17-14(20)10-12-19-16(22)9-4-11-18-15(21)8-3-7-13-5-1-2-6-13;1-2-4-5-3-1;/h1-2,5-6H,3-4,7-12H2,(H2,17,20)(H,18,21)(H,19,22);1H;/q-1;-5;. The Kier molecular flexibility index (Phi) is 15.4. The van der Waals surface area contributed by atoms with Crippen LogP contribution in [-0.2, 0) is 37.9 Å². The summed E-state index contributed by atoms with van der Waals surface area (Å²) < 4.78 is 0. The molecule has 0 saturated carbocycles. The number of carbonyl (C=O) groups is 3. The number of hydrogen-bond donors (Lipinski definition) is 3. The van der Waals surface area contributed by atoms with Crippen molar-refractivity contribution in [1.29, 1.82) is 0 Å². The zero-order valence-electron chi connectivity index (χ0n) is 15.7. The molecule has 0 atom stereocenters. The van der Waals surface area contributed by atoms with E-state index in [0.29, 0.717) is 25.8 Å². The van der Waals surface area contributed by atoms with E-state index in [9.17, 15) is 14.4 Å². The fraction of sp³-hybridized carbons (Fsp3) is 0.381. The second-order valence-corrected chi connectivity index (χ2v) is 5.85. The summed E-state index contributed by atoms with van der Waals surface area (Å²) in [7, 11) is 0. The van der Waals surface area contributed by atoms with Crippen molar-refractivity contribution in [1.82, 2.24) is 10.6 Å². The van der Waals surface area contributed by atoms with Crippen molar-refractivity contribution in [3.63, 3.8) is 0 Å². The first kappa shape index (κ1) is 25.6. The molecule has 3 amide bonds. The van der Waals surface area contributed by atoms with Crippen LogP contribution in [0.25, 0.3) is 0 Å². The monoisotopic (exact) mass is 423 g/mol. The molecule has 0 fully saturated rings. The number of amides is 3. The fourth-order valence-electron chi connectivity index (χ4n) is 2.19. The van der Waals surface area contributed by atoms with E-state index in [1.54, 1.807) is 6.07 Å². The molecule has 0 aliphatic carbocycles. The first-order valence-electron chi connectivity index (χ1n) is 8.93. The van der Waals surface area contributed by atoms with Gasteiger partial charge in [-0.1, -0.05) is 12.8 Å². The zero-order valence-corrected chi connectivity index (χ0v) is 16.8. The fourth-order valence-corrected chi connectivity index (χ4v) is 2.19. The summed E-state index contributed by atoms with van der Waals surface area (Å²) >= 11 is 0. The molecule has 0 unspecified atom stereocenters. The van der Waals surface area contributed by atoms with Crippen LogP contribution in [0, 0.1) is 24.3 Å². The largest absolute Gasteiger partial charge is 0.999 e. The third-order valence-corrected chi connectivity index (χ3v) is 3.55. The van der Waals surface area contributed by atoms with Gasteiger partial charge >= 0.3 is 0 Å². The van der Waals surface area contributed by atoms with Crippen LogP contribution in [0.3, 0.4) is 0 Å². The van der Waals surface area contributed by atoms with Gasteiger partial charge in [0.15, 0.2) is 0 Å². The Morgan fingerprint density at radius 2 is 1.46 bits per heavy atom. The molecule has 7 heteroatoms. The van der Waals surface area contributed by atoms with E-state index in [0.717, 1.165) is 12.8 Å². The average Bonchev–Trinajstić information content (AvgIpc) is 3.34. The van der Waals surface area contributed by atoms with Crippen LogP contribution in [0.5, 0.6) is 0 Å². The quantitative estimate of drug-likeness (QED) is 0.288. The SMILES string of the molecule is NC(=O)CCNC(=O)CCCNC(=O)CCC[c-]1cccc1.[Fe].[c-]1[c-][c-][cH-][c-]1. The maximum atomic E-state index is 11.6. The van der Waals surface area contributed by atoms with Gasteiger partial charge in [-0.25, -0.2) is 12.1 Å². The predicted octanol–water partition coefficient (Wildman–Crippen LogP) is 1.22. The van der Waals surface area contributed by atoms with Gasteiger partial charge < -0.3 is 46.7 Å². The van der Waals surface area contributed by atoms with E-state index in [1.807, 2.05) is 12.1 Å². The summed E-state index contributed by atoms with van der Waals surface area (Å²) in [5.74, 6) is -0.554. The summed E-state index contributed by atoms with van der Waals surface area (Å²) in [6.07, 6.45) is 3.28. The Morgan fingerprint density at radius 1 is 0.893 bits per heavy atom. The van der Waals surface area contributed by atoms with Crippen molar-refractivity contribution in [3.8, 4) is 0 Å². The van der Waals surface area contributed by atoms with Crippen LogP contribution in [0.2, 0.25) is 0 Å². The van der Waals surface area contributed by atoms with Crippen molar-refractivity contribution < 1.29 is 31.5 Å². The molecule has 0 bridgehead atoms. The number of hydrogen-bond acceptors (Lipinski definition) is 3. The molecular formula is C21H25FeN3O3-6. The van der Waals surface area contributed by atoms with Crippen molar-refractivity contribution in [3.05, 3.63) is 60.2 Å². The minimum atomic E-state index is -0.436. The molecule has 2 aromatic carbocycles. The predicted molar refractivity (Wildman–Crippen MR) is 101 cm³/mol. The Balaban J connectivity index is 0.00000105. The normalized spacial score (nSPS) is 9.43. The molecule has 6 nitrogen and oxygen atoms in total. The van der Waals surface area contributed by atoms with Gasteiger partial charge in [0.25, 0.3) is 0 Å². The topological polar surface area (TPSA) is 101 Å². The van der Waals surface area contributed by atoms with Gasteiger partial charge in [0.05, 0.1) is 0 Å². The van der Waals surface area contributed by atoms with Gasteiger partial charge in [-0.05, 0) is 6.42 Å². The minimum Gasteiger partial charge on any atom is -0.999 e. The molecule has 156 valence electrons. The third-order valence-electron chi connectivity index (χ3n) is 3.55. The van der Waals surface area contributed by atoms with E-state index < -0.39 is 5.91 Å². The first-order valence-corrected chi connectivity index (χ1v) is 8.93. The average molecular weight is 423 g/mol. The smallest absolute Gasteiger partial charge is 0.220 e. The van der Waals surface area contributed by atoms with Crippen LogP contribution in [0.15, 0.2) is 30.3 Å². The third kappa shape index (κ3) is 14.8. The molecule has 0 radical (unpaired) electrons. The Hall–Kier alpha value is -2.37. The minimum absolute atomic E-state index is 0. The molecule has 0 saturated heterocycles. The van der Waals surface area contributed by atoms with Crippen molar-refractivity contribution >= 4 is 17.7 Å². The molecule has 0 aliphatic heterocycles. The zero-order chi connectivity index (χ0) is 19.7. The summed E-state index contributed by atoms with van der Waals surface area (Å²) in [4.78, 5) is 33.5. The molecule has 0 heterocycles. The number of aryl methyl sites for hydroxylation is 1. The van der Waals surface area contributed by atoms with E-state index in [1.165, 1.54) is 5.56 Å². The Bertz CT molecular complexity index is 623. The molecule has 4 N–H and O–H groups in total. The maximum absolute atomic E-state index is 11.6. The van der Waals surface area contributed by atoms with Crippen LogP contribution in [-0.4, -0.2) is 30.8 Å². The molecule has 0 spiro atoms. The van der Waals surface area contributed by atoms with E-state index in [2.05, 4.69) is 47.0 Å². The summed E-state index contributed by atoms with van der Waals surface area (Å²) in [5, 5.41) is 5.40. The molecule has 2 aromatic rings. The second-order valence-electron chi connectivity index (χ2n) is 5.85. The van der Waals surface area contributed by atoms with Gasteiger partial charge in [0, 0.05) is 49.4 Å². The Morgan fingerprint density at radius 3 is 2.00 bits per heavy atom. The van der Waals surface area contributed by atoms with E-state index in [-0.39, 0.29) is 41.8 Å². The van der Waals surface area contributed by atoms with E-state index in [4.69, 9.17) is 5.73 Å². The number of rotatable bonds is 11. The second kappa shape index (κ2) is 16.8. The molecule has 0 aromatic heterocycles. The van der Waals surface area contributed by atoms with Crippen molar-refractivity contribution in [2.45, 2.75) is 38.5 Å². The number of primary amides is 1. The van der Waals surface area contributed by atoms with Crippen LogP contribution in [0.4, 0.5) is 0 Å². The maximum Gasteiger partial charge on any atom is 0.220 e. The number of nitrogens with two attached hydrogens (primary N) is 1. The number of carbonyl (C=O) groups excluding carboxylic acids is 3. The van der Waals surface area contributed by atoms with Gasteiger partial charge in [-0.2, -0.15) is 17.7 Å². The van der Waals surface area contributed by atoms with Crippen molar-refractivity contribution in [2.75, 3.05) is 13.1 Å². The summed E-state index contributed by atoms with van der Waals surface area (Å²) in [5.41, 5.74) is 6.22.